The minimum atomic E-state index is -0.585. The number of halogens is 1. The highest BCUT2D eigenvalue weighted by Gasteiger charge is 2.05. The molecule has 2 aromatic heterocycles. The standard InChI is InChI=1S/C10H9ClN2O3/c1-6-2-3-7(16-6)4-13-5-8(11)9(14)12-10(13)15/h2-3,5H,4H2,1H3,(H,12,14,15). The Morgan fingerprint density at radius 2 is 2.19 bits per heavy atom. The molecule has 6 heteroatoms. The van der Waals surface area contributed by atoms with E-state index in [-0.39, 0.29) is 11.6 Å². The van der Waals surface area contributed by atoms with Gasteiger partial charge in [0.15, 0.2) is 0 Å². The molecule has 2 rings (SSSR count). The molecule has 0 aliphatic rings. The molecule has 0 aromatic carbocycles. The Morgan fingerprint density at radius 3 is 2.81 bits per heavy atom. The van der Waals surface area contributed by atoms with E-state index >= 15 is 0 Å². The van der Waals surface area contributed by atoms with Crippen LogP contribution in [0.2, 0.25) is 5.02 Å². The molecule has 0 atom stereocenters. The first-order valence-electron chi connectivity index (χ1n) is 4.61. The van der Waals surface area contributed by atoms with E-state index < -0.39 is 11.2 Å². The van der Waals surface area contributed by atoms with Crippen molar-refractivity contribution in [3.8, 4) is 0 Å². The molecule has 0 saturated heterocycles. The van der Waals surface area contributed by atoms with Crippen molar-refractivity contribution in [2.75, 3.05) is 0 Å². The third-order valence-electron chi connectivity index (χ3n) is 2.09. The Balaban J connectivity index is 2.39. The normalized spacial score (nSPS) is 10.6. The third kappa shape index (κ3) is 2.09. The largest absolute Gasteiger partial charge is 0.464 e. The maximum atomic E-state index is 11.4. The maximum Gasteiger partial charge on any atom is 0.328 e. The molecule has 0 fully saturated rings. The molecule has 2 aromatic rings. The maximum absolute atomic E-state index is 11.4. The van der Waals surface area contributed by atoms with Crippen molar-refractivity contribution in [1.82, 2.24) is 9.55 Å². The van der Waals surface area contributed by atoms with Crippen molar-refractivity contribution < 1.29 is 4.42 Å². The summed E-state index contributed by atoms with van der Waals surface area (Å²) in [5, 5.41) is -0.0251. The Labute approximate surface area is 95.3 Å². The number of hydrogen-bond acceptors (Lipinski definition) is 3. The summed E-state index contributed by atoms with van der Waals surface area (Å²) >= 11 is 5.62. The Kier molecular flexibility index (Phi) is 2.70. The van der Waals surface area contributed by atoms with Crippen molar-refractivity contribution in [3.63, 3.8) is 0 Å². The van der Waals surface area contributed by atoms with Gasteiger partial charge >= 0.3 is 5.69 Å². The third-order valence-corrected chi connectivity index (χ3v) is 2.36. The Hall–Kier alpha value is -1.75. The van der Waals surface area contributed by atoms with Crippen LogP contribution in [-0.4, -0.2) is 9.55 Å². The summed E-state index contributed by atoms with van der Waals surface area (Å²) in [6.07, 6.45) is 1.29. The number of rotatable bonds is 2. The highest BCUT2D eigenvalue weighted by molar-refractivity contribution is 6.30. The number of furan rings is 1. The molecule has 0 spiro atoms. The van der Waals surface area contributed by atoms with E-state index in [0.717, 1.165) is 5.76 Å². The first-order chi connectivity index (χ1) is 7.56. The smallest absolute Gasteiger partial charge is 0.328 e. The van der Waals surface area contributed by atoms with Gasteiger partial charge in [-0.05, 0) is 19.1 Å². The minimum Gasteiger partial charge on any atom is -0.464 e. The number of nitrogens with one attached hydrogen (secondary N) is 1. The van der Waals surface area contributed by atoms with Gasteiger partial charge in [0.25, 0.3) is 5.56 Å². The molecular formula is C10H9ClN2O3. The molecule has 5 nitrogen and oxygen atoms in total. The molecule has 1 N–H and O–H groups in total. The molecule has 2 heterocycles. The number of aromatic amines is 1. The topological polar surface area (TPSA) is 68.0 Å². The van der Waals surface area contributed by atoms with Gasteiger partial charge in [0.05, 0.1) is 6.54 Å². The quantitative estimate of drug-likeness (QED) is 0.856. The van der Waals surface area contributed by atoms with Gasteiger partial charge in [0.1, 0.15) is 16.5 Å². The molecule has 0 aliphatic heterocycles. The second kappa shape index (κ2) is 4.02. The van der Waals surface area contributed by atoms with Crippen LogP contribution in [0.3, 0.4) is 0 Å². The van der Waals surface area contributed by atoms with Crippen LogP contribution in [0.1, 0.15) is 11.5 Å². The lowest BCUT2D eigenvalue weighted by Gasteiger charge is -2.02. The van der Waals surface area contributed by atoms with E-state index in [4.69, 9.17) is 16.0 Å². The number of H-pyrrole nitrogens is 1. The number of aryl methyl sites for hydroxylation is 1. The first kappa shape index (κ1) is 10.8. The van der Waals surface area contributed by atoms with Crippen molar-refractivity contribution in [1.29, 1.82) is 0 Å². The van der Waals surface area contributed by atoms with Crippen LogP contribution in [0.4, 0.5) is 0 Å². The molecular weight excluding hydrogens is 232 g/mol. The average molecular weight is 241 g/mol. The van der Waals surface area contributed by atoms with Crippen LogP contribution in [0, 0.1) is 6.92 Å². The minimum absolute atomic E-state index is 0.0251. The summed E-state index contributed by atoms with van der Waals surface area (Å²) < 4.78 is 6.60. The lowest BCUT2D eigenvalue weighted by Crippen LogP contribution is -2.29. The molecule has 0 amide bonds. The molecule has 0 unspecified atom stereocenters. The van der Waals surface area contributed by atoms with Gasteiger partial charge in [-0.15, -0.1) is 0 Å². The van der Waals surface area contributed by atoms with Crippen LogP contribution < -0.4 is 11.2 Å². The van der Waals surface area contributed by atoms with Gasteiger partial charge in [0.2, 0.25) is 0 Å². The molecule has 0 saturated carbocycles. The van der Waals surface area contributed by atoms with Gasteiger partial charge in [-0.2, -0.15) is 0 Å². The first-order valence-corrected chi connectivity index (χ1v) is 4.98. The summed E-state index contributed by atoms with van der Waals surface area (Å²) in [5.41, 5.74) is -1.10. The van der Waals surface area contributed by atoms with E-state index in [1.807, 2.05) is 6.92 Å². The zero-order chi connectivity index (χ0) is 11.7. The van der Waals surface area contributed by atoms with E-state index in [1.54, 1.807) is 12.1 Å². The highest BCUT2D eigenvalue weighted by atomic mass is 35.5. The Bertz CT molecular complexity index is 623. The molecule has 0 radical (unpaired) electrons. The van der Waals surface area contributed by atoms with Gasteiger partial charge in [-0.25, -0.2) is 4.79 Å². The molecule has 16 heavy (non-hydrogen) atoms. The second-order valence-corrected chi connectivity index (χ2v) is 3.78. The van der Waals surface area contributed by atoms with Crippen LogP contribution in [-0.2, 0) is 6.54 Å². The molecule has 0 aliphatic carbocycles. The lowest BCUT2D eigenvalue weighted by atomic mass is 10.4. The molecule has 0 bridgehead atoms. The van der Waals surface area contributed by atoms with Crippen LogP contribution >= 0.6 is 11.6 Å². The number of nitrogens with zero attached hydrogens (tertiary/aromatic N) is 1. The van der Waals surface area contributed by atoms with E-state index in [2.05, 4.69) is 4.98 Å². The lowest BCUT2D eigenvalue weighted by molar-refractivity contribution is 0.465. The zero-order valence-electron chi connectivity index (χ0n) is 8.49. The fraction of sp³-hybridized carbons (Fsp3) is 0.200. The van der Waals surface area contributed by atoms with E-state index in [9.17, 15) is 9.59 Å². The fourth-order valence-corrected chi connectivity index (χ4v) is 1.50. The fourth-order valence-electron chi connectivity index (χ4n) is 1.34. The molecule has 84 valence electrons. The van der Waals surface area contributed by atoms with Gasteiger partial charge < -0.3 is 4.42 Å². The second-order valence-electron chi connectivity index (χ2n) is 3.38. The SMILES string of the molecule is Cc1ccc(Cn2cc(Cl)c(=O)[nH]c2=O)o1. The Morgan fingerprint density at radius 1 is 1.44 bits per heavy atom. The number of hydrogen-bond donors (Lipinski definition) is 1. The number of aromatic nitrogens is 2. The summed E-state index contributed by atoms with van der Waals surface area (Å²) in [6.45, 7) is 2.05. The summed E-state index contributed by atoms with van der Waals surface area (Å²) in [6, 6.07) is 3.56. The van der Waals surface area contributed by atoms with E-state index in [0.29, 0.717) is 5.76 Å². The van der Waals surface area contributed by atoms with Gasteiger partial charge in [-0.3, -0.25) is 14.3 Å². The van der Waals surface area contributed by atoms with Crippen molar-refractivity contribution in [3.05, 3.63) is 55.7 Å². The van der Waals surface area contributed by atoms with Crippen molar-refractivity contribution >= 4 is 11.6 Å². The van der Waals surface area contributed by atoms with Crippen LogP contribution in [0.25, 0.3) is 0 Å². The average Bonchev–Trinajstić information content (AvgIpc) is 2.60. The summed E-state index contributed by atoms with van der Waals surface area (Å²) in [7, 11) is 0. The van der Waals surface area contributed by atoms with Crippen molar-refractivity contribution in [2.24, 2.45) is 0 Å². The van der Waals surface area contributed by atoms with Gasteiger partial charge in [-0.1, -0.05) is 11.6 Å². The summed E-state index contributed by atoms with van der Waals surface area (Å²) in [4.78, 5) is 24.5. The summed E-state index contributed by atoms with van der Waals surface area (Å²) in [5.74, 6) is 1.39. The van der Waals surface area contributed by atoms with E-state index in [1.165, 1.54) is 10.8 Å². The van der Waals surface area contributed by atoms with Crippen LogP contribution in [0.5, 0.6) is 0 Å². The van der Waals surface area contributed by atoms with Crippen LogP contribution in [0.15, 0.2) is 32.3 Å². The predicted octanol–water partition coefficient (Wildman–Crippen LogP) is 1.14. The monoisotopic (exact) mass is 240 g/mol. The highest BCUT2D eigenvalue weighted by Crippen LogP contribution is 2.07. The van der Waals surface area contributed by atoms with Gasteiger partial charge in [0, 0.05) is 6.20 Å². The predicted molar refractivity (Wildman–Crippen MR) is 58.9 cm³/mol. The zero-order valence-corrected chi connectivity index (χ0v) is 9.25. The van der Waals surface area contributed by atoms with Crippen molar-refractivity contribution in [2.45, 2.75) is 13.5 Å².